The molecule has 6 heteroatoms. The van der Waals surface area contributed by atoms with Crippen LogP contribution in [0.15, 0.2) is 59.5 Å². The number of rotatable bonds is 6. The average molecular weight is 332 g/mol. The molecule has 2 aromatic carbocycles. The number of hydrogen-bond acceptors (Lipinski definition) is 3. The molecule has 0 aliphatic carbocycles. The van der Waals surface area contributed by atoms with E-state index in [4.69, 9.17) is 0 Å². The van der Waals surface area contributed by atoms with E-state index in [9.17, 15) is 13.2 Å². The van der Waals surface area contributed by atoms with Gasteiger partial charge in [0.1, 0.15) is 0 Å². The van der Waals surface area contributed by atoms with E-state index in [2.05, 4.69) is 10.0 Å². The van der Waals surface area contributed by atoms with Crippen LogP contribution < -0.4 is 10.0 Å². The first-order valence-corrected chi connectivity index (χ1v) is 8.83. The Hall–Kier alpha value is -2.18. The summed E-state index contributed by atoms with van der Waals surface area (Å²) in [5, 5.41) is 2.73. The number of carbonyl (C=O) groups is 1. The van der Waals surface area contributed by atoms with Gasteiger partial charge in [-0.3, -0.25) is 4.79 Å². The largest absolute Gasteiger partial charge is 0.322 e. The molecule has 0 spiro atoms. The molecule has 1 amide bonds. The Morgan fingerprint density at radius 1 is 1.04 bits per heavy atom. The molecule has 0 fully saturated rings. The van der Waals surface area contributed by atoms with Crippen LogP contribution >= 0.6 is 0 Å². The van der Waals surface area contributed by atoms with Crippen molar-refractivity contribution in [1.29, 1.82) is 0 Å². The van der Waals surface area contributed by atoms with Crippen LogP contribution in [0, 0.1) is 5.92 Å². The Labute approximate surface area is 136 Å². The number of nitrogens with one attached hydrogen (secondary N) is 2. The first-order valence-electron chi connectivity index (χ1n) is 7.34. The van der Waals surface area contributed by atoms with E-state index in [1.165, 1.54) is 12.1 Å². The highest BCUT2D eigenvalue weighted by atomic mass is 32.2. The number of sulfonamides is 1. The van der Waals surface area contributed by atoms with Gasteiger partial charge in [-0.05, 0) is 36.2 Å². The molecular weight excluding hydrogens is 312 g/mol. The van der Waals surface area contributed by atoms with Gasteiger partial charge in [0, 0.05) is 17.8 Å². The molecule has 2 aromatic rings. The number of hydrogen-bond donors (Lipinski definition) is 2. The highest BCUT2D eigenvalue weighted by molar-refractivity contribution is 7.89. The van der Waals surface area contributed by atoms with Crippen molar-refractivity contribution in [2.24, 2.45) is 5.92 Å². The highest BCUT2D eigenvalue weighted by Gasteiger charge is 2.16. The molecule has 2 rings (SSSR count). The fourth-order valence-electron chi connectivity index (χ4n) is 1.89. The maximum absolute atomic E-state index is 12.2. The van der Waals surface area contributed by atoms with Crippen LogP contribution in [0.5, 0.6) is 0 Å². The van der Waals surface area contributed by atoms with Crippen LogP contribution in [0.1, 0.15) is 24.2 Å². The van der Waals surface area contributed by atoms with Crippen LogP contribution in [0.25, 0.3) is 0 Å². The van der Waals surface area contributed by atoms with Crippen molar-refractivity contribution in [1.82, 2.24) is 4.72 Å². The van der Waals surface area contributed by atoms with E-state index >= 15 is 0 Å². The summed E-state index contributed by atoms with van der Waals surface area (Å²) in [6.45, 7) is 4.20. The predicted octanol–water partition coefficient (Wildman–Crippen LogP) is 2.87. The van der Waals surface area contributed by atoms with Gasteiger partial charge in [-0.25, -0.2) is 13.1 Å². The van der Waals surface area contributed by atoms with Crippen molar-refractivity contribution in [2.45, 2.75) is 18.7 Å². The second kappa shape index (κ2) is 7.39. The molecule has 0 radical (unpaired) electrons. The molecule has 2 N–H and O–H groups in total. The first kappa shape index (κ1) is 17.2. The third-order valence-corrected chi connectivity index (χ3v) is 4.54. The van der Waals surface area contributed by atoms with Crippen LogP contribution in [-0.4, -0.2) is 20.9 Å². The van der Waals surface area contributed by atoms with Gasteiger partial charge in [0.05, 0.1) is 4.90 Å². The molecule has 5 nitrogen and oxygen atoms in total. The van der Waals surface area contributed by atoms with Crippen LogP contribution in [0.2, 0.25) is 0 Å². The van der Waals surface area contributed by atoms with E-state index in [1.807, 2.05) is 32.0 Å². The first-order chi connectivity index (χ1) is 10.9. The Morgan fingerprint density at radius 2 is 1.74 bits per heavy atom. The lowest BCUT2D eigenvalue weighted by atomic mass is 10.2. The summed E-state index contributed by atoms with van der Waals surface area (Å²) in [5.74, 6) is -0.147. The van der Waals surface area contributed by atoms with Gasteiger partial charge in [0.15, 0.2) is 0 Å². The van der Waals surface area contributed by atoms with Gasteiger partial charge in [-0.15, -0.1) is 0 Å². The van der Waals surface area contributed by atoms with E-state index in [-0.39, 0.29) is 16.7 Å². The minimum absolute atomic E-state index is 0.0823. The summed E-state index contributed by atoms with van der Waals surface area (Å²) in [6.07, 6.45) is 0. The molecular formula is C17H20N2O3S. The van der Waals surface area contributed by atoms with Crippen molar-refractivity contribution in [3.05, 3.63) is 60.2 Å². The summed E-state index contributed by atoms with van der Waals surface area (Å²) in [5.41, 5.74) is 0.949. The smallest absolute Gasteiger partial charge is 0.255 e. The second-order valence-electron chi connectivity index (χ2n) is 5.59. The number of benzene rings is 2. The molecule has 0 bridgehead atoms. The molecule has 0 heterocycles. The molecule has 0 aromatic heterocycles. The topological polar surface area (TPSA) is 75.3 Å². The minimum Gasteiger partial charge on any atom is -0.322 e. The summed E-state index contributed by atoms with van der Waals surface area (Å²) >= 11 is 0. The molecule has 0 atom stereocenters. The summed E-state index contributed by atoms with van der Waals surface area (Å²) < 4.78 is 27.0. The van der Waals surface area contributed by atoms with Crippen LogP contribution in [-0.2, 0) is 10.0 Å². The van der Waals surface area contributed by atoms with Crippen molar-refractivity contribution in [3.8, 4) is 0 Å². The molecule has 0 saturated heterocycles. The van der Waals surface area contributed by atoms with Gasteiger partial charge in [0.25, 0.3) is 5.91 Å². The van der Waals surface area contributed by atoms with Crippen molar-refractivity contribution < 1.29 is 13.2 Å². The summed E-state index contributed by atoms with van der Waals surface area (Å²) in [7, 11) is -3.61. The van der Waals surface area contributed by atoms with E-state index in [1.54, 1.807) is 24.3 Å². The monoisotopic (exact) mass is 332 g/mol. The maximum Gasteiger partial charge on any atom is 0.255 e. The lowest BCUT2D eigenvalue weighted by Gasteiger charge is -2.10. The number of carbonyl (C=O) groups excluding carboxylic acids is 1. The van der Waals surface area contributed by atoms with E-state index < -0.39 is 10.0 Å². The number of anilines is 1. The molecule has 0 aliphatic rings. The third kappa shape index (κ3) is 4.91. The van der Waals surface area contributed by atoms with Gasteiger partial charge in [0.2, 0.25) is 10.0 Å². The zero-order valence-electron chi connectivity index (χ0n) is 13.1. The fourth-order valence-corrected chi connectivity index (χ4v) is 3.15. The Balaban J connectivity index is 2.17. The highest BCUT2D eigenvalue weighted by Crippen LogP contribution is 2.14. The zero-order chi connectivity index (χ0) is 16.9. The lowest BCUT2D eigenvalue weighted by molar-refractivity contribution is 0.102. The third-order valence-electron chi connectivity index (χ3n) is 3.12. The van der Waals surface area contributed by atoms with Crippen LogP contribution in [0.4, 0.5) is 5.69 Å². The Kier molecular flexibility index (Phi) is 5.52. The normalized spacial score (nSPS) is 11.4. The molecule has 122 valence electrons. The summed E-state index contributed by atoms with van der Waals surface area (Å²) in [6, 6.07) is 15.0. The molecule has 23 heavy (non-hydrogen) atoms. The minimum atomic E-state index is -3.61. The van der Waals surface area contributed by atoms with Gasteiger partial charge < -0.3 is 5.32 Å². The zero-order valence-corrected chi connectivity index (χ0v) is 13.9. The second-order valence-corrected chi connectivity index (χ2v) is 7.36. The molecule has 0 aliphatic heterocycles. The molecule has 0 unspecified atom stereocenters. The molecule has 0 saturated carbocycles. The standard InChI is InChI=1S/C17H20N2O3S/c1-13(2)12-18-23(21,22)16-10-6-7-14(11-16)17(20)19-15-8-4-3-5-9-15/h3-11,13,18H,12H2,1-2H3,(H,19,20). The lowest BCUT2D eigenvalue weighted by Crippen LogP contribution is -2.27. The van der Waals surface area contributed by atoms with Crippen LogP contribution in [0.3, 0.4) is 0 Å². The number of para-hydroxylation sites is 1. The Bertz CT molecular complexity index is 771. The predicted molar refractivity (Wildman–Crippen MR) is 90.9 cm³/mol. The van der Waals surface area contributed by atoms with Crippen molar-refractivity contribution in [3.63, 3.8) is 0 Å². The number of amides is 1. The average Bonchev–Trinajstić information content (AvgIpc) is 2.54. The fraction of sp³-hybridized carbons (Fsp3) is 0.235. The summed E-state index contributed by atoms with van der Waals surface area (Å²) in [4.78, 5) is 12.3. The maximum atomic E-state index is 12.2. The van der Waals surface area contributed by atoms with E-state index in [0.717, 1.165) is 0 Å². The quantitative estimate of drug-likeness (QED) is 0.854. The van der Waals surface area contributed by atoms with Gasteiger partial charge >= 0.3 is 0 Å². The Morgan fingerprint density at radius 3 is 2.39 bits per heavy atom. The van der Waals surface area contributed by atoms with Crippen molar-refractivity contribution in [2.75, 3.05) is 11.9 Å². The SMILES string of the molecule is CC(C)CNS(=O)(=O)c1cccc(C(=O)Nc2ccccc2)c1. The van der Waals surface area contributed by atoms with Gasteiger partial charge in [-0.2, -0.15) is 0 Å². The van der Waals surface area contributed by atoms with Gasteiger partial charge in [-0.1, -0.05) is 38.1 Å². The van der Waals surface area contributed by atoms with E-state index in [0.29, 0.717) is 17.8 Å². The van der Waals surface area contributed by atoms with Crippen molar-refractivity contribution >= 4 is 21.6 Å².